The maximum atomic E-state index is 12.5. The van der Waals surface area contributed by atoms with Gasteiger partial charge in [0.1, 0.15) is 4.21 Å². The minimum atomic E-state index is -3.60. The second-order valence-corrected chi connectivity index (χ2v) is 8.77. The third-order valence-corrected chi connectivity index (χ3v) is 7.16. The number of amides is 1. The summed E-state index contributed by atoms with van der Waals surface area (Å²) in [6.45, 7) is 1.49. The summed E-state index contributed by atoms with van der Waals surface area (Å²) in [6.07, 6.45) is 2.01. The van der Waals surface area contributed by atoms with Gasteiger partial charge in [-0.25, -0.2) is 8.42 Å². The molecule has 0 N–H and O–H groups in total. The number of hydrogen-bond acceptors (Lipinski definition) is 4. The first kappa shape index (κ1) is 15.5. The third kappa shape index (κ3) is 2.91. The summed E-state index contributed by atoms with van der Waals surface area (Å²) in [7, 11) is -3.60. The van der Waals surface area contributed by atoms with Crippen LogP contribution in [-0.2, 0) is 9.84 Å². The molecule has 0 saturated carbocycles. The maximum Gasteiger partial charge on any atom is 0.263 e. The van der Waals surface area contributed by atoms with Gasteiger partial charge in [0.05, 0.1) is 9.77 Å². The molecule has 0 atom stereocenters. The van der Waals surface area contributed by atoms with Crippen LogP contribution >= 0.6 is 22.9 Å². The van der Waals surface area contributed by atoms with Crippen molar-refractivity contribution in [2.75, 3.05) is 13.1 Å². The van der Waals surface area contributed by atoms with E-state index in [1.807, 2.05) is 0 Å². The molecule has 2 heterocycles. The predicted octanol–water partition coefficient (Wildman–Crippen LogP) is 3.47. The molecule has 7 heteroatoms. The van der Waals surface area contributed by atoms with Gasteiger partial charge in [-0.2, -0.15) is 0 Å². The Morgan fingerprint density at radius 1 is 1.05 bits per heavy atom. The lowest BCUT2D eigenvalue weighted by Gasteiger charge is -2.13. The van der Waals surface area contributed by atoms with Crippen LogP contribution in [0.4, 0.5) is 0 Å². The highest BCUT2D eigenvalue weighted by Gasteiger charge is 2.25. The Morgan fingerprint density at radius 3 is 2.32 bits per heavy atom. The number of rotatable bonds is 3. The first-order valence-corrected chi connectivity index (χ1v) is 9.56. The summed E-state index contributed by atoms with van der Waals surface area (Å²) in [5, 5.41) is 0.482. The van der Waals surface area contributed by atoms with Gasteiger partial charge in [0.25, 0.3) is 5.91 Å². The number of halogens is 1. The summed E-state index contributed by atoms with van der Waals surface area (Å²) in [6, 6.07) is 9.11. The molecule has 116 valence electrons. The van der Waals surface area contributed by atoms with Crippen LogP contribution in [0.1, 0.15) is 22.5 Å². The van der Waals surface area contributed by atoms with Gasteiger partial charge in [-0.05, 0) is 49.2 Å². The second-order valence-electron chi connectivity index (χ2n) is 5.08. The number of sulfone groups is 1. The van der Waals surface area contributed by atoms with E-state index < -0.39 is 9.84 Å². The molecule has 1 amide bonds. The molecule has 0 unspecified atom stereocenters. The van der Waals surface area contributed by atoms with E-state index in [-0.39, 0.29) is 15.0 Å². The third-order valence-electron chi connectivity index (χ3n) is 3.57. The van der Waals surface area contributed by atoms with Crippen LogP contribution in [-0.4, -0.2) is 32.3 Å². The van der Waals surface area contributed by atoms with Gasteiger partial charge < -0.3 is 4.90 Å². The molecule has 1 aromatic heterocycles. The minimum absolute atomic E-state index is 0.0833. The molecule has 0 bridgehead atoms. The van der Waals surface area contributed by atoms with Crippen LogP contribution in [0.15, 0.2) is 45.5 Å². The van der Waals surface area contributed by atoms with Crippen LogP contribution in [0.5, 0.6) is 0 Å². The van der Waals surface area contributed by atoms with Gasteiger partial charge in [-0.1, -0.05) is 11.6 Å². The number of thiophene rings is 1. The predicted molar refractivity (Wildman–Crippen MR) is 86.4 cm³/mol. The number of carbonyl (C=O) groups is 1. The summed E-state index contributed by atoms with van der Waals surface area (Å²) >= 11 is 6.81. The molecule has 1 saturated heterocycles. The van der Waals surface area contributed by atoms with E-state index >= 15 is 0 Å². The Balaban J connectivity index is 1.89. The van der Waals surface area contributed by atoms with E-state index in [0.717, 1.165) is 37.3 Å². The molecule has 1 aromatic carbocycles. The SMILES string of the molecule is O=C(c1ccc(S(=O)(=O)c2ccc(Cl)cc2)s1)N1CCCC1. The van der Waals surface area contributed by atoms with Crippen LogP contribution in [0, 0.1) is 0 Å². The quantitative estimate of drug-likeness (QED) is 0.847. The minimum Gasteiger partial charge on any atom is -0.338 e. The van der Waals surface area contributed by atoms with Gasteiger partial charge in [0.15, 0.2) is 0 Å². The molecule has 0 aliphatic carbocycles. The smallest absolute Gasteiger partial charge is 0.263 e. The van der Waals surface area contributed by atoms with Gasteiger partial charge in [-0.15, -0.1) is 11.3 Å². The van der Waals surface area contributed by atoms with Crippen molar-refractivity contribution < 1.29 is 13.2 Å². The molecule has 2 aromatic rings. The molecule has 0 spiro atoms. The Kier molecular flexibility index (Phi) is 4.25. The van der Waals surface area contributed by atoms with E-state index in [9.17, 15) is 13.2 Å². The maximum absolute atomic E-state index is 12.5. The fourth-order valence-electron chi connectivity index (χ4n) is 2.39. The van der Waals surface area contributed by atoms with Crippen LogP contribution in [0.25, 0.3) is 0 Å². The number of nitrogens with zero attached hydrogens (tertiary/aromatic N) is 1. The van der Waals surface area contributed by atoms with Crippen molar-refractivity contribution in [1.82, 2.24) is 4.90 Å². The standard InChI is InChI=1S/C15H14ClNO3S2/c16-11-3-5-12(6-4-11)22(19,20)14-8-7-13(21-14)15(18)17-9-1-2-10-17/h3-8H,1-2,9-10H2. The topological polar surface area (TPSA) is 54.5 Å². The number of hydrogen-bond donors (Lipinski definition) is 0. The molecule has 3 rings (SSSR count). The second kappa shape index (κ2) is 6.02. The van der Waals surface area contributed by atoms with E-state index in [1.54, 1.807) is 23.1 Å². The highest BCUT2D eigenvalue weighted by atomic mass is 35.5. The highest BCUT2D eigenvalue weighted by molar-refractivity contribution is 7.93. The lowest BCUT2D eigenvalue weighted by molar-refractivity contribution is 0.0797. The molecular formula is C15H14ClNO3S2. The highest BCUT2D eigenvalue weighted by Crippen LogP contribution is 2.29. The Bertz CT molecular complexity index is 790. The van der Waals surface area contributed by atoms with Gasteiger partial charge in [-0.3, -0.25) is 4.79 Å². The van der Waals surface area contributed by atoms with E-state index in [2.05, 4.69) is 0 Å². The summed E-state index contributed by atoms with van der Waals surface area (Å²) < 4.78 is 25.3. The largest absolute Gasteiger partial charge is 0.338 e. The number of carbonyl (C=O) groups excluding carboxylic acids is 1. The molecule has 4 nitrogen and oxygen atoms in total. The average molecular weight is 356 g/mol. The Morgan fingerprint density at radius 2 is 1.68 bits per heavy atom. The van der Waals surface area contributed by atoms with E-state index in [1.165, 1.54) is 18.2 Å². The van der Waals surface area contributed by atoms with Crippen LogP contribution < -0.4 is 0 Å². The lowest BCUT2D eigenvalue weighted by Crippen LogP contribution is -2.26. The zero-order chi connectivity index (χ0) is 15.7. The first-order valence-electron chi connectivity index (χ1n) is 6.88. The molecule has 0 radical (unpaired) electrons. The number of likely N-dealkylation sites (tertiary alicyclic amines) is 1. The van der Waals surface area contributed by atoms with Crippen LogP contribution in [0.2, 0.25) is 5.02 Å². The molecular weight excluding hydrogens is 342 g/mol. The molecule has 22 heavy (non-hydrogen) atoms. The zero-order valence-electron chi connectivity index (χ0n) is 11.7. The fraction of sp³-hybridized carbons (Fsp3) is 0.267. The van der Waals surface area contributed by atoms with Gasteiger partial charge in [0, 0.05) is 18.1 Å². The molecule has 1 aliphatic heterocycles. The summed E-state index contributed by atoms with van der Waals surface area (Å²) in [4.78, 5) is 14.7. The molecule has 1 aliphatic rings. The average Bonchev–Trinajstić information content (AvgIpc) is 3.19. The summed E-state index contributed by atoms with van der Waals surface area (Å²) in [5.41, 5.74) is 0. The van der Waals surface area contributed by atoms with Crippen molar-refractivity contribution in [3.8, 4) is 0 Å². The fourth-order valence-corrected chi connectivity index (χ4v) is 5.19. The number of benzene rings is 1. The van der Waals surface area contributed by atoms with Gasteiger partial charge >= 0.3 is 0 Å². The van der Waals surface area contributed by atoms with Crippen molar-refractivity contribution in [2.24, 2.45) is 0 Å². The monoisotopic (exact) mass is 355 g/mol. The normalized spacial score (nSPS) is 15.2. The van der Waals surface area contributed by atoms with E-state index in [0.29, 0.717) is 9.90 Å². The molecule has 1 fully saturated rings. The Labute approximate surface area is 138 Å². The van der Waals surface area contributed by atoms with E-state index in [4.69, 9.17) is 11.6 Å². The Hall–Kier alpha value is -1.37. The first-order chi connectivity index (χ1) is 10.5. The van der Waals surface area contributed by atoms with Gasteiger partial charge in [0.2, 0.25) is 9.84 Å². The van der Waals surface area contributed by atoms with Crippen molar-refractivity contribution >= 4 is 38.7 Å². The lowest BCUT2D eigenvalue weighted by atomic mass is 10.4. The zero-order valence-corrected chi connectivity index (χ0v) is 14.0. The van der Waals surface area contributed by atoms with Crippen molar-refractivity contribution in [1.29, 1.82) is 0 Å². The van der Waals surface area contributed by atoms with Crippen molar-refractivity contribution in [2.45, 2.75) is 21.9 Å². The van der Waals surface area contributed by atoms with Crippen molar-refractivity contribution in [3.63, 3.8) is 0 Å². The van der Waals surface area contributed by atoms with Crippen LogP contribution in [0.3, 0.4) is 0 Å². The van der Waals surface area contributed by atoms with Crippen molar-refractivity contribution in [3.05, 3.63) is 46.3 Å². The summed E-state index contributed by atoms with van der Waals surface area (Å²) in [5.74, 6) is -0.0833.